The zero-order valence-corrected chi connectivity index (χ0v) is 19.3. The predicted molar refractivity (Wildman–Crippen MR) is 126 cm³/mol. The molecule has 35 heavy (non-hydrogen) atoms. The fraction of sp³-hybridized carbons (Fsp3) is 0.400. The second-order valence-electron chi connectivity index (χ2n) is 7.41. The Balaban J connectivity index is 0.000000248. The van der Waals surface area contributed by atoms with Gasteiger partial charge < -0.3 is 4.18 Å². The molecule has 0 amide bonds. The average molecular weight is 519 g/mol. The largest absolute Gasteiger partial charge is 0.534 e. The molecule has 0 atom stereocenters. The van der Waals surface area contributed by atoms with Gasteiger partial charge in [-0.2, -0.15) is 21.6 Å². The third-order valence-electron chi connectivity index (χ3n) is 4.63. The Morgan fingerprint density at radius 1 is 0.829 bits per heavy atom. The molecular weight excluding hydrogens is 481 g/mol. The summed E-state index contributed by atoms with van der Waals surface area (Å²) in [5.74, 6) is -1.30. The van der Waals surface area contributed by atoms with Gasteiger partial charge in [-0.25, -0.2) is 0 Å². The van der Waals surface area contributed by atoms with Crippen LogP contribution in [0.5, 0.6) is 0 Å². The molecule has 190 valence electrons. The first-order chi connectivity index (χ1) is 19.6. The van der Waals surface area contributed by atoms with Gasteiger partial charge in [0.1, 0.15) is 11.5 Å². The molecule has 2 aliphatic heterocycles. The van der Waals surface area contributed by atoms with Gasteiger partial charge in [-0.3, -0.25) is 14.6 Å². The van der Waals surface area contributed by atoms with Crippen LogP contribution in [0.1, 0.15) is 41.4 Å². The minimum Gasteiger partial charge on any atom is -0.381 e. The van der Waals surface area contributed by atoms with Crippen molar-refractivity contribution in [1.82, 2.24) is 9.80 Å². The van der Waals surface area contributed by atoms with Gasteiger partial charge in [-0.15, -0.1) is 0 Å². The molecule has 1 fully saturated rings. The molecule has 2 heterocycles. The second-order valence-corrected chi connectivity index (χ2v) is 8.95. The van der Waals surface area contributed by atoms with E-state index in [0.717, 1.165) is 15.4 Å². The highest BCUT2D eigenvalue weighted by atomic mass is 32.2. The Hall–Kier alpha value is -2.69. The number of carbonyl (C=O) groups is 1. The highest BCUT2D eigenvalue weighted by Gasteiger charge is 2.48. The van der Waals surface area contributed by atoms with Crippen LogP contribution in [0.3, 0.4) is 0 Å². The SMILES string of the molecule is [2H]C1([2H])C=C(OS(=O)(=O)C(F)(F)F)CC([2H])([2H])N1Cc1ccccc1.[2H]C1([2H])CC(=O)CC([2H])([2H])N1Cc1ccccc1. The lowest BCUT2D eigenvalue weighted by molar-refractivity contribution is -0.121. The van der Waals surface area contributed by atoms with Gasteiger partial charge in [0.25, 0.3) is 0 Å². The molecule has 4 rings (SSSR count). The van der Waals surface area contributed by atoms with Crippen molar-refractivity contribution < 1.29 is 41.5 Å². The topological polar surface area (TPSA) is 66.9 Å². The third-order valence-corrected chi connectivity index (χ3v) is 5.63. The summed E-state index contributed by atoms with van der Waals surface area (Å²) in [5, 5.41) is 0. The Morgan fingerprint density at radius 2 is 1.31 bits per heavy atom. The first kappa shape index (κ1) is 17.7. The summed E-state index contributed by atoms with van der Waals surface area (Å²) in [5.41, 5.74) is -4.27. The molecule has 0 saturated carbocycles. The van der Waals surface area contributed by atoms with Crippen LogP contribution in [0.2, 0.25) is 0 Å². The Labute approximate surface area is 215 Å². The van der Waals surface area contributed by atoms with Crippen molar-refractivity contribution in [2.45, 2.75) is 37.9 Å². The number of piperidine rings is 1. The molecule has 2 aliphatic rings. The molecule has 2 aromatic rings. The molecule has 0 aromatic heterocycles. The van der Waals surface area contributed by atoms with E-state index in [0.29, 0.717) is 11.6 Å². The van der Waals surface area contributed by atoms with Gasteiger partial charge in [-0.1, -0.05) is 60.7 Å². The van der Waals surface area contributed by atoms with Crippen molar-refractivity contribution in [3.8, 4) is 0 Å². The number of carbonyl (C=O) groups excluding carboxylic acids is 1. The lowest BCUT2D eigenvalue weighted by Gasteiger charge is -2.26. The van der Waals surface area contributed by atoms with E-state index in [-0.39, 0.29) is 31.7 Å². The van der Waals surface area contributed by atoms with Crippen molar-refractivity contribution in [2.75, 3.05) is 26.0 Å². The summed E-state index contributed by atoms with van der Waals surface area (Å²) < 4.78 is 126. The fourth-order valence-corrected chi connectivity index (χ4v) is 3.38. The zero-order chi connectivity index (χ0) is 32.5. The van der Waals surface area contributed by atoms with Crippen LogP contribution in [0, 0.1) is 0 Å². The Morgan fingerprint density at radius 3 is 1.80 bits per heavy atom. The number of Topliss-reactive ketones (excluding diaryl/α,β-unsaturated/α-hetero) is 1. The molecule has 0 N–H and O–H groups in total. The van der Waals surface area contributed by atoms with Crippen LogP contribution < -0.4 is 0 Å². The van der Waals surface area contributed by atoms with E-state index < -0.39 is 53.8 Å². The van der Waals surface area contributed by atoms with Crippen LogP contribution in [-0.4, -0.2) is 55.5 Å². The van der Waals surface area contributed by atoms with Gasteiger partial charge in [0.2, 0.25) is 0 Å². The van der Waals surface area contributed by atoms with Crippen molar-refractivity contribution in [1.29, 1.82) is 0 Å². The van der Waals surface area contributed by atoms with Crippen LogP contribution >= 0.6 is 0 Å². The maximum Gasteiger partial charge on any atom is 0.534 e. The number of ketones is 1. The predicted octanol–water partition coefficient (Wildman–Crippen LogP) is 4.49. The highest BCUT2D eigenvalue weighted by molar-refractivity contribution is 7.87. The normalized spacial score (nSPS) is 26.9. The van der Waals surface area contributed by atoms with Gasteiger partial charge in [0.15, 0.2) is 0 Å². The number of hydrogen-bond donors (Lipinski definition) is 0. The van der Waals surface area contributed by atoms with Crippen LogP contribution in [0.15, 0.2) is 72.5 Å². The molecule has 10 heteroatoms. The van der Waals surface area contributed by atoms with Crippen LogP contribution in [0.25, 0.3) is 0 Å². The molecule has 0 bridgehead atoms. The van der Waals surface area contributed by atoms with E-state index in [1.165, 1.54) is 0 Å². The average Bonchev–Trinajstić information content (AvgIpc) is 2.83. The first-order valence-corrected chi connectivity index (χ1v) is 11.8. The monoisotopic (exact) mass is 518 g/mol. The highest BCUT2D eigenvalue weighted by Crippen LogP contribution is 2.28. The molecule has 2 aromatic carbocycles. The summed E-state index contributed by atoms with van der Waals surface area (Å²) in [6, 6.07) is 17.5. The second kappa shape index (κ2) is 12.3. The summed E-state index contributed by atoms with van der Waals surface area (Å²) in [4.78, 5) is 13.3. The van der Waals surface area contributed by atoms with Crippen molar-refractivity contribution in [2.24, 2.45) is 0 Å². The summed E-state index contributed by atoms with van der Waals surface area (Å²) in [7, 11) is -5.99. The minimum atomic E-state index is -5.99. The number of hydrogen-bond acceptors (Lipinski definition) is 6. The van der Waals surface area contributed by atoms with E-state index in [1.54, 1.807) is 30.3 Å². The number of nitrogens with zero attached hydrogens (tertiary/aromatic N) is 2. The van der Waals surface area contributed by atoms with Crippen molar-refractivity contribution in [3.05, 3.63) is 83.6 Å². The lowest BCUT2D eigenvalue weighted by Crippen LogP contribution is -2.33. The number of rotatable bonds is 6. The number of likely N-dealkylation sites (tertiary alicyclic amines) is 1. The van der Waals surface area contributed by atoms with Crippen molar-refractivity contribution >= 4 is 15.9 Å². The van der Waals surface area contributed by atoms with Crippen LogP contribution in [-0.2, 0) is 32.2 Å². The number of alkyl halides is 3. The maximum atomic E-state index is 12.4. The summed E-state index contributed by atoms with van der Waals surface area (Å²) >= 11 is 0. The van der Waals surface area contributed by atoms with E-state index in [4.69, 9.17) is 11.0 Å². The molecule has 1 saturated heterocycles. The molecule has 0 aliphatic carbocycles. The van der Waals surface area contributed by atoms with E-state index in [9.17, 15) is 26.4 Å². The summed E-state index contributed by atoms with van der Waals surface area (Å²) in [6.45, 7) is -8.91. The van der Waals surface area contributed by atoms with Crippen molar-refractivity contribution in [3.63, 3.8) is 0 Å². The lowest BCUT2D eigenvalue weighted by atomic mass is 10.1. The zero-order valence-electron chi connectivity index (χ0n) is 26.5. The van der Waals surface area contributed by atoms with E-state index in [2.05, 4.69) is 4.18 Å². The first-order valence-electron chi connectivity index (χ1n) is 14.4. The number of halogens is 3. The van der Waals surface area contributed by atoms with Gasteiger partial charge in [0.05, 0.1) is 0 Å². The Kier molecular flexibility index (Phi) is 6.23. The van der Waals surface area contributed by atoms with Crippen LogP contribution in [0.4, 0.5) is 13.2 Å². The minimum absolute atomic E-state index is 0.161. The fourth-order valence-electron chi connectivity index (χ4n) is 2.89. The molecule has 0 radical (unpaired) electrons. The molecule has 6 nitrogen and oxygen atoms in total. The third kappa shape index (κ3) is 8.79. The quantitative estimate of drug-likeness (QED) is 0.415. The van der Waals surface area contributed by atoms with Gasteiger partial charge in [0, 0.05) is 69.3 Å². The molecule has 0 unspecified atom stereocenters. The van der Waals surface area contributed by atoms with Gasteiger partial charge >= 0.3 is 15.6 Å². The van der Waals surface area contributed by atoms with E-state index in [1.807, 2.05) is 30.3 Å². The van der Waals surface area contributed by atoms with E-state index >= 15 is 0 Å². The summed E-state index contributed by atoms with van der Waals surface area (Å²) in [6.07, 6.45) is -0.812. The standard InChI is InChI=1S/C13H14F3NO3S.C12H15NO/c14-13(15,16)21(18,19)20-12-6-8-17(9-7-12)10-11-4-2-1-3-5-11;14-12-6-8-13(9-7-12)10-11-4-2-1-3-5-11/h1-6H,7-10H2;1-5H,6-10H2/i2*8D2,9D2. The Bertz CT molecular complexity index is 1410. The number of benzene rings is 2. The smallest absolute Gasteiger partial charge is 0.381 e. The van der Waals surface area contributed by atoms with Gasteiger partial charge in [-0.05, 0) is 17.2 Å². The molecular formula is C25H29F3N2O4S. The maximum absolute atomic E-state index is 12.4. The molecule has 0 spiro atoms.